The molecule has 2 aromatic carbocycles. The van der Waals surface area contributed by atoms with Crippen molar-refractivity contribution < 1.29 is 0 Å². The van der Waals surface area contributed by atoms with Crippen LogP contribution in [0.1, 0.15) is 24.0 Å². The number of thioether (sulfide) groups is 1. The molecule has 0 saturated carbocycles. The van der Waals surface area contributed by atoms with Gasteiger partial charge in [0.1, 0.15) is 5.84 Å². The largest absolute Gasteiger partial charge is 0.371 e. The highest BCUT2D eigenvalue weighted by molar-refractivity contribution is 7.99. The van der Waals surface area contributed by atoms with Crippen LogP contribution < -0.4 is 10.6 Å². The van der Waals surface area contributed by atoms with Gasteiger partial charge >= 0.3 is 0 Å². The summed E-state index contributed by atoms with van der Waals surface area (Å²) in [6, 6.07) is 18.1. The van der Waals surface area contributed by atoms with Gasteiger partial charge in [-0.05, 0) is 54.2 Å². The first-order valence-corrected chi connectivity index (χ1v) is 9.72. The van der Waals surface area contributed by atoms with E-state index in [4.69, 9.17) is 10.3 Å². The van der Waals surface area contributed by atoms with Crippen LogP contribution in [0.2, 0.25) is 0 Å². The van der Waals surface area contributed by atoms with E-state index in [0.717, 1.165) is 47.1 Å². The van der Waals surface area contributed by atoms with Crippen LogP contribution in [0.3, 0.4) is 0 Å². The first-order valence-electron chi connectivity index (χ1n) is 8.56. The first-order chi connectivity index (χ1) is 12.3. The van der Waals surface area contributed by atoms with Gasteiger partial charge in [-0.15, -0.1) is 0 Å². The standard InChI is InChI=1S/C20H20N4S/c21-13-15-5-7-16(8-6-15)14-22-19-20(9-11-25-12-10-20)24-18-4-2-1-3-17(18)23-19/h1-8,24H,9-12,14H2,(H,22,23). The number of rotatable bonds is 2. The van der Waals surface area contributed by atoms with Crippen molar-refractivity contribution in [3.05, 3.63) is 59.7 Å². The topological polar surface area (TPSA) is 60.2 Å². The summed E-state index contributed by atoms with van der Waals surface area (Å²) in [6.07, 6.45) is 2.15. The van der Waals surface area contributed by atoms with Crippen LogP contribution in [0.5, 0.6) is 0 Å². The Balaban J connectivity index is 1.59. The molecule has 2 N–H and O–H groups in total. The fourth-order valence-electron chi connectivity index (χ4n) is 3.39. The normalized spacial score (nSPS) is 17.8. The van der Waals surface area contributed by atoms with E-state index >= 15 is 0 Å². The molecule has 4 rings (SSSR count). The van der Waals surface area contributed by atoms with Gasteiger partial charge in [0.15, 0.2) is 0 Å². The monoisotopic (exact) mass is 348 g/mol. The number of para-hydroxylation sites is 2. The number of anilines is 1. The van der Waals surface area contributed by atoms with Crippen LogP contribution in [0.15, 0.2) is 53.5 Å². The minimum atomic E-state index is -0.0911. The van der Waals surface area contributed by atoms with Gasteiger partial charge in [-0.2, -0.15) is 17.0 Å². The zero-order chi connectivity index (χ0) is 17.1. The molecule has 2 aliphatic rings. The van der Waals surface area contributed by atoms with Gasteiger partial charge in [0.05, 0.1) is 28.5 Å². The van der Waals surface area contributed by atoms with Crippen LogP contribution in [0.25, 0.3) is 0 Å². The Kier molecular flexibility index (Phi) is 4.37. The molecule has 0 amide bonds. The van der Waals surface area contributed by atoms with E-state index in [9.17, 15) is 0 Å². The van der Waals surface area contributed by atoms with Crippen molar-refractivity contribution >= 4 is 29.0 Å². The van der Waals surface area contributed by atoms with Crippen molar-refractivity contribution in [2.75, 3.05) is 16.8 Å². The van der Waals surface area contributed by atoms with Crippen LogP contribution in [0.4, 0.5) is 11.4 Å². The Hall–Kier alpha value is -2.45. The van der Waals surface area contributed by atoms with Gasteiger partial charge in [0.25, 0.3) is 0 Å². The molecule has 0 atom stereocenters. The Labute approximate surface area is 152 Å². The van der Waals surface area contributed by atoms with E-state index in [2.05, 4.69) is 34.9 Å². The Morgan fingerprint density at radius 3 is 2.64 bits per heavy atom. The molecule has 126 valence electrons. The maximum absolute atomic E-state index is 8.93. The number of benzene rings is 2. The highest BCUT2D eigenvalue weighted by atomic mass is 32.2. The minimum Gasteiger partial charge on any atom is -0.371 e. The molecule has 1 saturated heterocycles. The van der Waals surface area contributed by atoms with Crippen molar-refractivity contribution in [1.29, 1.82) is 5.26 Å². The summed E-state index contributed by atoms with van der Waals surface area (Å²) in [6.45, 7) is 0.712. The van der Waals surface area contributed by atoms with E-state index in [-0.39, 0.29) is 5.54 Å². The summed E-state index contributed by atoms with van der Waals surface area (Å²) in [5.41, 5.74) is 3.87. The molecule has 5 heteroatoms. The lowest BCUT2D eigenvalue weighted by Gasteiger charge is -2.42. The van der Waals surface area contributed by atoms with E-state index in [1.807, 2.05) is 42.1 Å². The third-order valence-corrected chi connectivity index (χ3v) is 5.84. The maximum Gasteiger partial charge on any atom is 0.128 e. The Morgan fingerprint density at radius 2 is 1.88 bits per heavy atom. The molecule has 25 heavy (non-hydrogen) atoms. The van der Waals surface area contributed by atoms with Crippen molar-refractivity contribution in [1.82, 2.24) is 5.32 Å². The number of nitrogens with zero attached hydrogens (tertiary/aromatic N) is 2. The summed E-state index contributed by atoms with van der Waals surface area (Å²) >= 11 is 2.01. The van der Waals surface area contributed by atoms with Crippen LogP contribution >= 0.6 is 11.8 Å². The third kappa shape index (κ3) is 3.22. The predicted octanol–water partition coefficient (Wildman–Crippen LogP) is 4.07. The number of hydrogen-bond acceptors (Lipinski definition) is 5. The second-order valence-corrected chi connectivity index (χ2v) is 7.68. The quantitative estimate of drug-likeness (QED) is 0.859. The molecule has 0 radical (unpaired) electrons. The number of nitrogens with one attached hydrogen (secondary N) is 2. The number of nitriles is 1. The SMILES string of the molecule is N#Cc1ccc(CNC2=Nc3ccccc3NC23CCSCC3)cc1. The molecule has 2 aromatic rings. The molecule has 1 fully saturated rings. The fraction of sp³-hybridized carbons (Fsp3) is 0.300. The molecular weight excluding hydrogens is 328 g/mol. The van der Waals surface area contributed by atoms with E-state index in [0.29, 0.717) is 12.1 Å². The number of fused-ring (bicyclic) bond motifs is 1. The summed E-state index contributed by atoms with van der Waals surface area (Å²) in [5, 5.41) is 16.3. The average Bonchev–Trinajstić information content (AvgIpc) is 2.67. The van der Waals surface area contributed by atoms with E-state index < -0.39 is 0 Å². The second-order valence-electron chi connectivity index (χ2n) is 6.46. The number of hydrogen-bond donors (Lipinski definition) is 2. The molecule has 0 unspecified atom stereocenters. The van der Waals surface area contributed by atoms with Crippen molar-refractivity contribution in [3.63, 3.8) is 0 Å². The minimum absolute atomic E-state index is 0.0911. The molecular formula is C20H20N4S. The summed E-state index contributed by atoms with van der Waals surface area (Å²) in [5.74, 6) is 3.33. The summed E-state index contributed by atoms with van der Waals surface area (Å²) < 4.78 is 0. The van der Waals surface area contributed by atoms with Crippen LogP contribution in [-0.2, 0) is 6.54 Å². The van der Waals surface area contributed by atoms with Gasteiger partial charge in [-0.25, -0.2) is 4.99 Å². The van der Waals surface area contributed by atoms with Gasteiger partial charge in [-0.1, -0.05) is 24.3 Å². The Bertz CT molecular complexity index is 830. The number of aliphatic imine (C=N–C) groups is 1. The second kappa shape index (κ2) is 6.81. The van der Waals surface area contributed by atoms with Crippen molar-refractivity contribution in [2.45, 2.75) is 24.9 Å². The van der Waals surface area contributed by atoms with Crippen molar-refractivity contribution in [3.8, 4) is 6.07 Å². The molecule has 2 heterocycles. The smallest absolute Gasteiger partial charge is 0.128 e. The zero-order valence-electron chi connectivity index (χ0n) is 14.0. The lowest BCUT2D eigenvalue weighted by atomic mass is 9.88. The maximum atomic E-state index is 8.93. The molecule has 2 aliphatic heterocycles. The zero-order valence-corrected chi connectivity index (χ0v) is 14.8. The summed E-state index contributed by atoms with van der Waals surface area (Å²) in [7, 11) is 0. The van der Waals surface area contributed by atoms with E-state index in [1.54, 1.807) is 0 Å². The lowest BCUT2D eigenvalue weighted by Crippen LogP contribution is -2.55. The van der Waals surface area contributed by atoms with E-state index in [1.165, 1.54) is 0 Å². The summed E-state index contributed by atoms with van der Waals surface area (Å²) in [4.78, 5) is 4.95. The fourth-order valence-corrected chi connectivity index (χ4v) is 4.58. The van der Waals surface area contributed by atoms with Crippen LogP contribution in [0, 0.1) is 11.3 Å². The first kappa shape index (κ1) is 16.0. The van der Waals surface area contributed by atoms with Gasteiger partial charge in [-0.3, -0.25) is 0 Å². The number of amidine groups is 1. The molecule has 4 nitrogen and oxygen atoms in total. The molecule has 1 spiro atoms. The molecule has 0 aliphatic carbocycles. The van der Waals surface area contributed by atoms with Gasteiger partial charge < -0.3 is 10.6 Å². The third-order valence-electron chi connectivity index (χ3n) is 4.85. The Morgan fingerprint density at radius 1 is 1.12 bits per heavy atom. The lowest BCUT2D eigenvalue weighted by molar-refractivity contribution is 0.543. The predicted molar refractivity (Wildman–Crippen MR) is 104 cm³/mol. The highest BCUT2D eigenvalue weighted by Crippen LogP contribution is 2.39. The van der Waals surface area contributed by atoms with Crippen LogP contribution in [-0.4, -0.2) is 22.9 Å². The molecule has 0 bridgehead atoms. The van der Waals surface area contributed by atoms with Gasteiger partial charge in [0, 0.05) is 6.54 Å². The average molecular weight is 348 g/mol. The highest BCUT2D eigenvalue weighted by Gasteiger charge is 2.40. The van der Waals surface area contributed by atoms with Crippen molar-refractivity contribution in [2.24, 2.45) is 4.99 Å². The molecule has 0 aromatic heterocycles. The van der Waals surface area contributed by atoms with Gasteiger partial charge in [0.2, 0.25) is 0 Å².